The second-order valence-corrected chi connectivity index (χ2v) is 8.21. The molecule has 1 aliphatic rings. The number of hydrogen-bond donors (Lipinski definition) is 2. The number of nitrogens with one attached hydrogen (secondary N) is 2. The molecule has 1 unspecified atom stereocenters. The van der Waals surface area contributed by atoms with E-state index in [0.29, 0.717) is 19.6 Å². The molecule has 2 heterocycles. The van der Waals surface area contributed by atoms with Gasteiger partial charge in [-0.25, -0.2) is 4.98 Å². The van der Waals surface area contributed by atoms with E-state index in [0.717, 1.165) is 22.1 Å². The van der Waals surface area contributed by atoms with Crippen molar-refractivity contribution in [1.82, 2.24) is 20.5 Å². The number of amides is 2. The van der Waals surface area contributed by atoms with Crippen LogP contribution in [-0.2, 0) is 22.7 Å². The van der Waals surface area contributed by atoms with Crippen LogP contribution in [0, 0.1) is 20.8 Å². The van der Waals surface area contributed by atoms with Gasteiger partial charge in [0.2, 0.25) is 11.8 Å². The summed E-state index contributed by atoms with van der Waals surface area (Å²) in [5.41, 5.74) is 3.34. The molecule has 0 saturated carbocycles. The number of rotatable bonds is 6. The quantitative estimate of drug-likeness (QED) is 0.797. The van der Waals surface area contributed by atoms with Gasteiger partial charge in [-0.05, 0) is 31.9 Å². The maximum atomic E-state index is 12.5. The molecule has 6 nitrogen and oxygen atoms in total. The average molecular weight is 387 g/mol. The highest BCUT2D eigenvalue weighted by Gasteiger charge is 2.31. The predicted octanol–water partition coefficient (Wildman–Crippen LogP) is 2.08. The van der Waals surface area contributed by atoms with Crippen molar-refractivity contribution in [3.63, 3.8) is 0 Å². The molecular formula is C20H26N4O2S. The minimum atomic E-state index is -0.442. The van der Waals surface area contributed by atoms with Crippen molar-refractivity contribution in [3.8, 4) is 0 Å². The van der Waals surface area contributed by atoms with E-state index in [1.807, 2.05) is 26.0 Å². The van der Waals surface area contributed by atoms with Crippen LogP contribution in [0.2, 0.25) is 0 Å². The summed E-state index contributed by atoms with van der Waals surface area (Å²) in [4.78, 5) is 32.4. The van der Waals surface area contributed by atoms with Crippen LogP contribution >= 0.6 is 11.3 Å². The number of aromatic nitrogens is 1. The number of thiazole rings is 1. The zero-order valence-electron chi connectivity index (χ0n) is 16.0. The van der Waals surface area contributed by atoms with Crippen LogP contribution in [-0.4, -0.2) is 40.8 Å². The third kappa shape index (κ3) is 4.93. The molecule has 2 N–H and O–H groups in total. The van der Waals surface area contributed by atoms with Gasteiger partial charge in [0.25, 0.3) is 0 Å². The fourth-order valence-corrected chi connectivity index (χ4v) is 4.22. The summed E-state index contributed by atoms with van der Waals surface area (Å²) in [6.07, 6.45) is 0.161. The van der Waals surface area contributed by atoms with Gasteiger partial charge in [-0.3, -0.25) is 14.5 Å². The molecule has 2 aromatic rings. The first-order chi connectivity index (χ1) is 12.9. The Labute approximate surface area is 164 Å². The van der Waals surface area contributed by atoms with Crippen LogP contribution in [0.3, 0.4) is 0 Å². The maximum Gasteiger partial charge on any atom is 0.237 e. The van der Waals surface area contributed by atoms with E-state index in [1.54, 1.807) is 11.3 Å². The Bertz CT molecular complexity index is 833. The van der Waals surface area contributed by atoms with Gasteiger partial charge >= 0.3 is 0 Å². The monoisotopic (exact) mass is 386 g/mol. The summed E-state index contributed by atoms with van der Waals surface area (Å²) in [6, 6.07) is 7.72. The molecule has 144 valence electrons. The molecule has 0 aliphatic carbocycles. The minimum absolute atomic E-state index is 0.0743. The van der Waals surface area contributed by atoms with Crippen molar-refractivity contribution in [1.29, 1.82) is 0 Å². The predicted molar refractivity (Wildman–Crippen MR) is 106 cm³/mol. The van der Waals surface area contributed by atoms with Gasteiger partial charge in [-0.1, -0.05) is 24.3 Å². The fraction of sp³-hybridized carbons (Fsp3) is 0.450. The molecule has 7 heteroatoms. The van der Waals surface area contributed by atoms with E-state index in [-0.39, 0.29) is 18.2 Å². The van der Waals surface area contributed by atoms with Gasteiger partial charge < -0.3 is 10.6 Å². The molecule has 0 radical (unpaired) electrons. The number of piperazine rings is 1. The molecule has 0 spiro atoms. The Morgan fingerprint density at radius 2 is 2.11 bits per heavy atom. The maximum absolute atomic E-state index is 12.5. The van der Waals surface area contributed by atoms with Crippen LogP contribution in [0.5, 0.6) is 0 Å². The second-order valence-electron chi connectivity index (χ2n) is 6.93. The van der Waals surface area contributed by atoms with Crippen LogP contribution in [0.1, 0.15) is 33.1 Å². The second kappa shape index (κ2) is 8.63. The summed E-state index contributed by atoms with van der Waals surface area (Å²) < 4.78 is 0. The van der Waals surface area contributed by atoms with Crippen molar-refractivity contribution in [2.24, 2.45) is 0 Å². The molecular weight excluding hydrogens is 360 g/mol. The number of aryl methyl sites for hydroxylation is 3. The molecule has 1 fully saturated rings. The summed E-state index contributed by atoms with van der Waals surface area (Å²) >= 11 is 1.59. The molecule has 1 atom stereocenters. The van der Waals surface area contributed by atoms with E-state index in [2.05, 4.69) is 39.6 Å². The first-order valence-corrected chi connectivity index (χ1v) is 10.0. The molecule has 1 saturated heterocycles. The Hall–Kier alpha value is -2.25. The van der Waals surface area contributed by atoms with E-state index in [1.165, 1.54) is 11.1 Å². The number of hydrogen-bond acceptors (Lipinski definition) is 5. The Morgan fingerprint density at radius 3 is 2.81 bits per heavy atom. The van der Waals surface area contributed by atoms with Crippen molar-refractivity contribution >= 4 is 23.2 Å². The fourth-order valence-electron chi connectivity index (χ4n) is 3.34. The molecule has 3 rings (SSSR count). The van der Waals surface area contributed by atoms with Gasteiger partial charge in [0.05, 0.1) is 29.7 Å². The van der Waals surface area contributed by atoms with Crippen LogP contribution in [0.25, 0.3) is 0 Å². The first-order valence-electron chi connectivity index (χ1n) is 9.20. The summed E-state index contributed by atoms with van der Waals surface area (Å²) in [5.74, 6) is -0.188. The largest absolute Gasteiger partial charge is 0.353 e. The van der Waals surface area contributed by atoms with Crippen molar-refractivity contribution in [2.75, 3.05) is 13.1 Å². The SMILES string of the molecule is Cc1nc(C)c(CNC(=O)CC2C(=O)NCCN2Cc2ccccc2C)s1. The third-order valence-electron chi connectivity index (χ3n) is 4.90. The first kappa shape index (κ1) is 19.5. The van der Waals surface area contributed by atoms with E-state index >= 15 is 0 Å². The van der Waals surface area contributed by atoms with E-state index in [9.17, 15) is 9.59 Å². The van der Waals surface area contributed by atoms with Crippen LogP contribution in [0.4, 0.5) is 0 Å². The standard InChI is InChI=1S/C20H26N4O2S/c1-13-6-4-5-7-16(13)12-24-9-8-21-20(26)17(24)10-19(25)22-11-18-14(2)23-15(3)27-18/h4-7,17H,8-12H2,1-3H3,(H,21,26)(H,22,25). The van der Waals surface area contributed by atoms with E-state index in [4.69, 9.17) is 0 Å². The summed E-state index contributed by atoms with van der Waals surface area (Å²) in [5, 5.41) is 6.82. The summed E-state index contributed by atoms with van der Waals surface area (Å²) in [7, 11) is 0. The Balaban J connectivity index is 1.62. The molecule has 1 aliphatic heterocycles. The minimum Gasteiger partial charge on any atom is -0.353 e. The van der Waals surface area contributed by atoms with Crippen molar-refractivity contribution < 1.29 is 9.59 Å². The molecule has 1 aromatic heterocycles. The number of carbonyl (C=O) groups excluding carboxylic acids is 2. The lowest BCUT2D eigenvalue weighted by molar-refractivity contribution is -0.134. The van der Waals surface area contributed by atoms with Crippen molar-refractivity contribution in [3.05, 3.63) is 51.0 Å². The van der Waals surface area contributed by atoms with Crippen LogP contribution in [0.15, 0.2) is 24.3 Å². The highest BCUT2D eigenvalue weighted by molar-refractivity contribution is 7.11. The third-order valence-corrected chi connectivity index (χ3v) is 5.97. The molecule has 27 heavy (non-hydrogen) atoms. The molecule has 1 aromatic carbocycles. The number of carbonyl (C=O) groups is 2. The summed E-state index contributed by atoms with van der Waals surface area (Å²) in [6.45, 7) is 8.46. The van der Waals surface area contributed by atoms with Gasteiger partial charge in [0.15, 0.2) is 0 Å². The average Bonchev–Trinajstić information content (AvgIpc) is 2.95. The smallest absolute Gasteiger partial charge is 0.237 e. The highest BCUT2D eigenvalue weighted by atomic mass is 32.1. The highest BCUT2D eigenvalue weighted by Crippen LogP contribution is 2.18. The molecule has 2 amide bonds. The Kier molecular flexibility index (Phi) is 6.23. The molecule has 0 bridgehead atoms. The van der Waals surface area contributed by atoms with Gasteiger partial charge in [0.1, 0.15) is 0 Å². The lowest BCUT2D eigenvalue weighted by Gasteiger charge is -2.35. The Morgan fingerprint density at radius 1 is 1.33 bits per heavy atom. The van der Waals surface area contributed by atoms with Gasteiger partial charge in [-0.2, -0.15) is 0 Å². The zero-order valence-corrected chi connectivity index (χ0v) is 16.9. The topological polar surface area (TPSA) is 74.3 Å². The number of benzene rings is 1. The van der Waals surface area contributed by atoms with Gasteiger partial charge in [-0.15, -0.1) is 11.3 Å². The van der Waals surface area contributed by atoms with E-state index < -0.39 is 6.04 Å². The van der Waals surface area contributed by atoms with Gasteiger partial charge in [0, 0.05) is 24.5 Å². The normalized spacial score (nSPS) is 17.6. The zero-order chi connectivity index (χ0) is 19.4. The lowest BCUT2D eigenvalue weighted by atomic mass is 10.0. The number of nitrogens with zero attached hydrogens (tertiary/aromatic N) is 2. The van der Waals surface area contributed by atoms with Crippen LogP contribution < -0.4 is 10.6 Å². The van der Waals surface area contributed by atoms with Crippen molar-refractivity contribution in [2.45, 2.75) is 46.3 Å². The lowest BCUT2D eigenvalue weighted by Crippen LogP contribution is -2.56.